The van der Waals surface area contributed by atoms with Gasteiger partial charge in [0.1, 0.15) is 10.1 Å². The minimum Gasteiger partial charge on any atom is -0.744 e. The second kappa shape index (κ2) is 3.59. The molecule has 0 fully saturated rings. The summed E-state index contributed by atoms with van der Waals surface area (Å²) in [6.07, 6.45) is 0. The number of fused-ring (bicyclic) bond motifs is 1. The van der Waals surface area contributed by atoms with Crippen LogP contribution in [0.25, 0.3) is 10.8 Å². The Morgan fingerprint density at radius 1 is 1.07 bits per heavy atom. The van der Waals surface area contributed by atoms with E-state index < -0.39 is 10.1 Å². The lowest BCUT2D eigenvalue weighted by molar-refractivity contribution is 0.463. The molecular weight excluding hydrogens is 280 g/mol. The molecule has 0 saturated carbocycles. The Bertz CT molecular complexity index is 620. The first-order valence-corrected chi connectivity index (χ1v) is 6.33. The van der Waals surface area contributed by atoms with Crippen LogP contribution < -0.4 is 0 Å². The molecule has 0 heterocycles. The van der Waals surface area contributed by atoms with Crippen LogP contribution in [-0.4, -0.2) is 13.0 Å². The summed E-state index contributed by atoms with van der Waals surface area (Å²) in [6.45, 7) is 0. The number of hydrogen-bond acceptors (Lipinski definition) is 3. The highest BCUT2D eigenvalue weighted by molar-refractivity contribution is 9.10. The number of benzene rings is 2. The molecule has 15 heavy (non-hydrogen) atoms. The molecule has 0 unspecified atom stereocenters. The van der Waals surface area contributed by atoms with Gasteiger partial charge in [0.15, 0.2) is 0 Å². The van der Waals surface area contributed by atoms with E-state index in [1.165, 1.54) is 0 Å². The SMILES string of the molecule is O=S(=O)([O-])c1c(Br)ccc2ccccc12. The van der Waals surface area contributed by atoms with Crippen LogP contribution >= 0.6 is 15.9 Å². The lowest BCUT2D eigenvalue weighted by Gasteiger charge is -2.12. The maximum absolute atomic E-state index is 11.1. The van der Waals surface area contributed by atoms with E-state index in [1.54, 1.807) is 36.4 Å². The molecule has 0 amide bonds. The highest BCUT2D eigenvalue weighted by Crippen LogP contribution is 2.29. The van der Waals surface area contributed by atoms with Crippen LogP contribution in [0.5, 0.6) is 0 Å². The molecule has 0 bridgehead atoms. The van der Waals surface area contributed by atoms with Gasteiger partial charge in [0.25, 0.3) is 0 Å². The summed E-state index contributed by atoms with van der Waals surface area (Å²) in [5.41, 5.74) is 0. The third-order valence-corrected chi connectivity index (χ3v) is 3.94. The molecule has 0 N–H and O–H groups in total. The second-order valence-corrected chi connectivity index (χ2v) is 5.22. The van der Waals surface area contributed by atoms with E-state index in [0.29, 0.717) is 9.86 Å². The molecule has 0 aromatic heterocycles. The predicted octanol–water partition coefficient (Wildman–Crippen LogP) is 2.51. The molecule has 0 saturated heterocycles. The quantitative estimate of drug-likeness (QED) is 0.757. The minimum atomic E-state index is -4.46. The van der Waals surface area contributed by atoms with E-state index in [4.69, 9.17) is 0 Å². The van der Waals surface area contributed by atoms with E-state index in [0.717, 1.165) is 5.39 Å². The molecule has 0 aliphatic heterocycles. The third-order valence-electron chi connectivity index (χ3n) is 2.08. The van der Waals surface area contributed by atoms with Crippen LogP contribution in [0, 0.1) is 0 Å². The minimum absolute atomic E-state index is 0.194. The van der Waals surface area contributed by atoms with E-state index in [1.807, 2.05) is 0 Å². The second-order valence-electron chi connectivity index (χ2n) is 3.05. The fraction of sp³-hybridized carbons (Fsp3) is 0. The van der Waals surface area contributed by atoms with Gasteiger partial charge in [-0.05, 0) is 27.4 Å². The number of rotatable bonds is 1. The van der Waals surface area contributed by atoms with Crippen LogP contribution in [0.2, 0.25) is 0 Å². The lowest BCUT2D eigenvalue weighted by Crippen LogP contribution is -2.00. The van der Waals surface area contributed by atoms with Crippen molar-refractivity contribution in [1.29, 1.82) is 0 Å². The monoisotopic (exact) mass is 285 g/mol. The molecule has 3 nitrogen and oxygen atoms in total. The zero-order valence-electron chi connectivity index (χ0n) is 7.48. The van der Waals surface area contributed by atoms with Crippen molar-refractivity contribution in [2.45, 2.75) is 4.90 Å². The molecular formula is C10H6BrO3S-. The summed E-state index contributed by atoms with van der Waals surface area (Å²) in [5.74, 6) is 0. The fourth-order valence-corrected chi connectivity index (χ4v) is 3.17. The van der Waals surface area contributed by atoms with Crippen LogP contribution in [0.1, 0.15) is 0 Å². The van der Waals surface area contributed by atoms with Gasteiger partial charge in [-0.3, -0.25) is 0 Å². The van der Waals surface area contributed by atoms with Gasteiger partial charge in [-0.25, -0.2) is 8.42 Å². The van der Waals surface area contributed by atoms with Gasteiger partial charge in [0.05, 0.1) is 4.90 Å². The largest absolute Gasteiger partial charge is 0.744 e. The molecule has 0 aliphatic rings. The Kier molecular flexibility index (Phi) is 2.54. The van der Waals surface area contributed by atoms with E-state index in [2.05, 4.69) is 15.9 Å². The van der Waals surface area contributed by atoms with E-state index >= 15 is 0 Å². The Morgan fingerprint density at radius 2 is 1.73 bits per heavy atom. The number of halogens is 1. The molecule has 2 aromatic rings. The Labute approximate surface area is 95.6 Å². The van der Waals surface area contributed by atoms with Gasteiger partial charge < -0.3 is 4.55 Å². The summed E-state index contributed by atoms with van der Waals surface area (Å²) >= 11 is 3.07. The standard InChI is InChI=1S/C10H7BrO3S/c11-9-6-5-7-3-1-2-4-8(7)10(9)15(12,13)14/h1-6H,(H,12,13,14)/p-1. The highest BCUT2D eigenvalue weighted by atomic mass is 79.9. The van der Waals surface area contributed by atoms with Gasteiger partial charge in [-0.2, -0.15) is 0 Å². The summed E-state index contributed by atoms with van der Waals surface area (Å²) in [4.78, 5) is -0.194. The van der Waals surface area contributed by atoms with Gasteiger partial charge in [0.2, 0.25) is 0 Å². The molecule has 0 atom stereocenters. The van der Waals surface area contributed by atoms with Crippen molar-refractivity contribution in [1.82, 2.24) is 0 Å². The Balaban J connectivity index is 2.99. The Morgan fingerprint density at radius 3 is 2.40 bits per heavy atom. The highest BCUT2D eigenvalue weighted by Gasteiger charge is 2.11. The molecule has 0 aliphatic carbocycles. The predicted molar refractivity (Wildman–Crippen MR) is 59.6 cm³/mol. The Hall–Kier alpha value is -0.910. The molecule has 78 valence electrons. The topological polar surface area (TPSA) is 57.2 Å². The normalized spacial score (nSPS) is 11.9. The maximum Gasteiger partial charge on any atom is 0.126 e. The van der Waals surface area contributed by atoms with E-state index in [9.17, 15) is 13.0 Å². The van der Waals surface area contributed by atoms with Crippen LogP contribution in [0.3, 0.4) is 0 Å². The van der Waals surface area contributed by atoms with Crippen molar-refractivity contribution < 1.29 is 13.0 Å². The third kappa shape index (κ3) is 1.90. The van der Waals surface area contributed by atoms with Crippen molar-refractivity contribution in [3.8, 4) is 0 Å². The molecule has 5 heteroatoms. The van der Waals surface area contributed by atoms with Crippen LogP contribution in [-0.2, 0) is 10.1 Å². The average Bonchev–Trinajstić information content (AvgIpc) is 2.15. The van der Waals surface area contributed by atoms with Gasteiger partial charge in [-0.15, -0.1) is 0 Å². The van der Waals surface area contributed by atoms with Crippen molar-refractivity contribution in [3.05, 3.63) is 40.9 Å². The van der Waals surface area contributed by atoms with Gasteiger partial charge >= 0.3 is 0 Å². The number of hydrogen-bond donors (Lipinski definition) is 0. The van der Waals surface area contributed by atoms with Gasteiger partial charge in [0, 0.05) is 9.86 Å². The van der Waals surface area contributed by atoms with Crippen molar-refractivity contribution in [3.63, 3.8) is 0 Å². The zero-order valence-corrected chi connectivity index (χ0v) is 9.88. The van der Waals surface area contributed by atoms with Crippen LogP contribution in [0.4, 0.5) is 0 Å². The first-order valence-electron chi connectivity index (χ1n) is 4.13. The summed E-state index contributed by atoms with van der Waals surface area (Å²) in [7, 11) is -4.46. The summed E-state index contributed by atoms with van der Waals surface area (Å²) in [5, 5.41) is 1.18. The van der Waals surface area contributed by atoms with Crippen LogP contribution in [0.15, 0.2) is 45.8 Å². The van der Waals surface area contributed by atoms with E-state index in [-0.39, 0.29) is 4.90 Å². The summed E-state index contributed by atoms with van der Waals surface area (Å²) in [6, 6.07) is 10.2. The molecule has 2 aromatic carbocycles. The van der Waals surface area contributed by atoms with Crippen molar-refractivity contribution >= 4 is 36.8 Å². The van der Waals surface area contributed by atoms with Crippen molar-refractivity contribution in [2.75, 3.05) is 0 Å². The van der Waals surface area contributed by atoms with Crippen molar-refractivity contribution in [2.24, 2.45) is 0 Å². The smallest absolute Gasteiger partial charge is 0.126 e. The molecule has 2 rings (SSSR count). The first-order chi connectivity index (χ1) is 7.00. The fourth-order valence-electron chi connectivity index (χ4n) is 1.47. The zero-order chi connectivity index (χ0) is 11.1. The summed E-state index contributed by atoms with van der Waals surface area (Å²) < 4.78 is 33.5. The van der Waals surface area contributed by atoms with Gasteiger partial charge in [-0.1, -0.05) is 30.3 Å². The molecule has 0 radical (unpaired) electrons. The average molecular weight is 286 g/mol. The maximum atomic E-state index is 11.1. The lowest BCUT2D eigenvalue weighted by atomic mass is 10.1. The first kappa shape index (κ1) is 10.6. The molecule has 0 spiro atoms.